The van der Waals surface area contributed by atoms with E-state index >= 15 is 0 Å². The van der Waals surface area contributed by atoms with E-state index in [1.807, 2.05) is 0 Å². The molecule has 0 aliphatic heterocycles. The summed E-state index contributed by atoms with van der Waals surface area (Å²) in [6, 6.07) is 11.7. The Bertz CT molecular complexity index is 1120. The Kier molecular flexibility index (Phi) is 5.91. The van der Waals surface area contributed by atoms with Crippen LogP contribution in [0.3, 0.4) is 0 Å². The highest BCUT2D eigenvalue weighted by atomic mass is 35.5. The van der Waals surface area contributed by atoms with Gasteiger partial charge in [0.2, 0.25) is 10.0 Å². The number of rotatable bonds is 5. The molecule has 4 saturated carbocycles. The Labute approximate surface area is 204 Å². The quantitative estimate of drug-likeness (QED) is 0.428. The third-order valence-electron chi connectivity index (χ3n) is 6.99. The second-order valence-corrected chi connectivity index (χ2v) is 12.5. The number of nitrogens with one attached hydrogen (secondary N) is 3. The molecular weight excluding hydrogens is 485 g/mol. The summed E-state index contributed by atoms with van der Waals surface area (Å²) < 4.78 is 29.4. The molecule has 32 heavy (non-hydrogen) atoms. The van der Waals surface area contributed by atoms with Crippen molar-refractivity contribution in [2.45, 2.75) is 49.0 Å². The Hall–Kier alpha value is -1.38. The first-order valence-electron chi connectivity index (χ1n) is 10.9. The molecule has 5 nitrogen and oxygen atoms in total. The van der Waals surface area contributed by atoms with E-state index in [-0.39, 0.29) is 10.4 Å². The molecule has 4 aliphatic carbocycles. The minimum absolute atomic E-state index is 0.256. The SMILES string of the molecule is O=S(=O)(NC12CC3CC(CC(C3)C1)C2)c1ccc(NC(=S)Nc2ccc(Cl)cc2Cl)cc1. The third kappa shape index (κ3) is 4.64. The van der Waals surface area contributed by atoms with E-state index in [9.17, 15) is 8.42 Å². The van der Waals surface area contributed by atoms with Gasteiger partial charge in [-0.2, -0.15) is 0 Å². The lowest BCUT2D eigenvalue weighted by Gasteiger charge is -2.56. The lowest BCUT2D eigenvalue weighted by atomic mass is 9.53. The van der Waals surface area contributed by atoms with Crippen molar-refractivity contribution in [1.29, 1.82) is 0 Å². The molecule has 2 aromatic carbocycles. The standard InChI is InChI=1S/C23H25Cl2N3O2S2/c24-17-1-6-21(20(25)10-17)27-22(31)26-18-2-4-19(5-3-18)32(29,30)28-23-11-14-7-15(12-23)9-16(8-14)13-23/h1-6,10,14-16,28H,7-9,11-13H2,(H2,26,27,31). The van der Waals surface area contributed by atoms with Gasteiger partial charge in [-0.25, -0.2) is 13.1 Å². The van der Waals surface area contributed by atoms with Crippen molar-refractivity contribution in [3.05, 3.63) is 52.5 Å². The fourth-order valence-electron chi connectivity index (χ4n) is 6.17. The molecule has 3 N–H and O–H groups in total. The molecule has 0 radical (unpaired) electrons. The molecule has 0 atom stereocenters. The Morgan fingerprint density at radius 1 is 0.906 bits per heavy atom. The normalized spacial score (nSPS) is 28.5. The predicted molar refractivity (Wildman–Crippen MR) is 134 cm³/mol. The summed E-state index contributed by atoms with van der Waals surface area (Å²) in [6.45, 7) is 0. The molecule has 2 aromatic rings. The number of hydrogen-bond donors (Lipinski definition) is 3. The topological polar surface area (TPSA) is 70.2 Å². The first-order chi connectivity index (χ1) is 15.2. The summed E-state index contributed by atoms with van der Waals surface area (Å²) in [5.74, 6) is 2.04. The van der Waals surface area contributed by atoms with Crippen molar-refractivity contribution in [2.75, 3.05) is 10.6 Å². The second kappa shape index (κ2) is 8.44. The van der Waals surface area contributed by atoms with Crippen molar-refractivity contribution in [2.24, 2.45) is 17.8 Å². The molecule has 4 bridgehead atoms. The Morgan fingerprint density at radius 2 is 1.50 bits per heavy atom. The average Bonchev–Trinajstić information content (AvgIpc) is 2.69. The number of sulfonamides is 1. The van der Waals surface area contributed by atoms with Gasteiger partial charge >= 0.3 is 0 Å². The molecule has 0 aromatic heterocycles. The number of anilines is 2. The molecule has 170 valence electrons. The summed E-state index contributed by atoms with van der Waals surface area (Å²) >= 11 is 17.4. The van der Waals surface area contributed by atoms with Crippen LogP contribution in [0.4, 0.5) is 11.4 Å². The fraction of sp³-hybridized carbons (Fsp3) is 0.435. The van der Waals surface area contributed by atoms with Gasteiger partial charge in [0.25, 0.3) is 0 Å². The van der Waals surface area contributed by atoms with E-state index in [1.54, 1.807) is 42.5 Å². The molecule has 4 aliphatic rings. The van der Waals surface area contributed by atoms with Crippen molar-refractivity contribution < 1.29 is 8.42 Å². The lowest BCUT2D eigenvalue weighted by molar-refractivity contribution is -0.00810. The van der Waals surface area contributed by atoms with Gasteiger partial charge in [-0.15, -0.1) is 0 Å². The van der Waals surface area contributed by atoms with E-state index in [2.05, 4.69) is 15.4 Å². The monoisotopic (exact) mass is 509 g/mol. The summed E-state index contributed by atoms with van der Waals surface area (Å²) in [7, 11) is -3.58. The van der Waals surface area contributed by atoms with E-state index in [1.165, 1.54) is 19.3 Å². The summed E-state index contributed by atoms with van der Waals surface area (Å²) in [6.07, 6.45) is 6.75. The zero-order valence-corrected chi connectivity index (χ0v) is 20.5. The molecule has 0 unspecified atom stereocenters. The maximum absolute atomic E-state index is 13.2. The molecule has 0 saturated heterocycles. The Balaban J connectivity index is 1.24. The van der Waals surface area contributed by atoms with Crippen molar-refractivity contribution in [3.8, 4) is 0 Å². The van der Waals surface area contributed by atoms with E-state index in [4.69, 9.17) is 35.4 Å². The molecule has 0 heterocycles. The van der Waals surface area contributed by atoms with Crippen LogP contribution in [-0.2, 0) is 10.0 Å². The van der Waals surface area contributed by atoms with Crippen LogP contribution in [0.5, 0.6) is 0 Å². The summed E-state index contributed by atoms with van der Waals surface area (Å²) in [4.78, 5) is 0.276. The zero-order valence-electron chi connectivity index (χ0n) is 17.4. The van der Waals surface area contributed by atoms with E-state index in [0.717, 1.165) is 19.3 Å². The van der Waals surface area contributed by atoms with Crippen LogP contribution in [0.2, 0.25) is 10.0 Å². The van der Waals surface area contributed by atoms with Crippen molar-refractivity contribution in [3.63, 3.8) is 0 Å². The molecule has 0 spiro atoms. The van der Waals surface area contributed by atoms with Gasteiger partial charge in [-0.05, 0) is 111 Å². The average molecular weight is 511 g/mol. The first kappa shape index (κ1) is 22.4. The molecule has 0 amide bonds. The van der Waals surface area contributed by atoms with Crippen molar-refractivity contribution >= 4 is 61.9 Å². The molecular formula is C23H25Cl2N3O2S2. The van der Waals surface area contributed by atoms with Gasteiger partial charge in [0, 0.05) is 16.2 Å². The maximum Gasteiger partial charge on any atom is 0.241 e. The van der Waals surface area contributed by atoms with Gasteiger partial charge in [0.1, 0.15) is 0 Å². The minimum Gasteiger partial charge on any atom is -0.332 e. The second-order valence-electron chi connectivity index (χ2n) is 9.53. The van der Waals surface area contributed by atoms with Crippen LogP contribution in [0, 0.1) is 17.8 Å². The first-order valence-corrected chi connectivity index (χ1v) is 13.5. The zero-order chi connectivity index (χ0) is 22.5. The Morgan fingerprint density at radius 3 is 2.06 bits per heavy atom. The summed E-state index contributed by atoms with van der Waals surface area (Å²) in [5.41, 5.74) is 1.06. The third-order valence-corrected chi connectivity index (χ3v) is 9.34. The van der Waals surface area contributed by atoms with E-state index < -0.39 is 10.0 Å². The summed E-state index contributed by atoms with van der Waals surface area (Å²) in [5, 5.41) is 7.41. The number of benzene rings is 2. The highest BCUT2D eigenvalue weighted by Crippen LogP contribution is 2.56. The van der Waals surface area contributed by atoms with Crippen LogP contribution >= 0.6 is 35.4 Å². The van der Waals surface area contributed by atoms with Crippen molar-refractivity contribution in [1.82, 2.24) is 4.72 Å². The van der Waals surface area contributed by atoms with Gasteiger partial charge in [-0.1, -0.05) is 23.2 Å². The number of hydrogen-bond acceptors (Lipinski definition) is 3. The van der Waals surface area contributed by atoms with Crippen LogP contribution in [0.25, 0.3) is 0 Å². The van der Waals surface area contributed by atoms with Crippen LogP contribution in [-0.4, -0.2) is 19.1 Å². The van der Waals surface area contributed by atoms with Gasteiger partial charge in [0.15, 0.2) is 5.11 Å². The van der Waals surface area contributed by atoms with Gasteiger partial charge in [0.05, 0.1) is 15.6 Å². The largest absolute Gasteiger partial charge is 0.332 e. The van der Waals surface area contributed by atoms with E-state index in [0.29, 0.717) is 44.3 Å². The smallest absolute Gasteiger partial charge is 0.241 e. The highest BCUT2D eigenvalue weighted by Gasteiger charge is 2.52. The van der Waals surface area contributed by atoms with Crippen LogP contribution in [0.15, 0.2) is 47.4 Å². The minimum atomic E-state index is -3.58. The van der Waals surface area contributed by atoms with Crippen LogP contribution < -0.4 is 15.4 Å². The maximum atomic E-state index is 13.2. The highest BCUT2D eigenvalue weighted by molar-refractivity contribution is 7.89. The molecule has 6 rings (SSSR count). The fourth-order valence-corrected chi connectivity index (χ4v) is 8.29. The van der Waals surface area contributed by atoms with Crippen LogP contribution in [0.1, 0.15) is 38.5 Å². The van der Waals surface area contributed by atoms with Gasteiger partial charge in [-0.3, -0.25) is 0 Å². The van der Waals surface area contributed by atoms with Gasteiger partial charge < -0.3 is 10.6 Å². The lowest BCUT2D eigenvalue weighted by Crippen LogP contribution is -2.59. The molecule has 9 heteroatoms. The number of halogens is 2. The predicted octanol–water partition coefficient (Wildman–Crippen LogP) is 6.05. The number of thiocarbonyl (C=S) groups is 1. The molecule has 4 fully saturated rings.